The Morgan fingerprint density at radius 3 is 2.92 bits per heavy atom. The molecule has 0 radical (unpaired) electrons. The molecule has 2 atom stereocenters. The van der Waals surface area contributed by atoms with E-state index in [0.717, 1.165) is 45.9 Å². The molecule has 0 spiro atoms. The molecule has 1 unspecified atom stereocenters. The van der Waals surface area contributed by atoms with E-state index in [0.29, 0.717) is 5.75 Å². The number of halogens is 1. The Morgan fingerprint density at radius 2 is 2.08 bits per heavy atom. The maximum Gasteiger partial charge on any atom is 0.256 e. The summed E-state index contributed by atoms with van der Waals surface area (Å²) in [7, 11) is 2.20. The van der Waals surface area contributed by atoms with Gasteiger partial charge in [-0.2, -0.15) is 0 Å². The van der Waals surface area contributed by atoms with E-state index in [2.05, 4.69) is 33.6 Å². The summed E-state index contributed by atoms with van der Waals surface area (Å²) in [5, 5.41) is 7.56. The number of amides is 1. The van der Waals surface area contributed by atoms with Gasteiger partial charge in [0.05, 0.1) is 24.0 Å². The summed E-state index contributed by atoms with van der Waals surface area (Å²) in [4.78, 5) is 15.6. The Labute approximate surface area is 157 Å². The van der Waals surface area contributed by atoms with Crippen molar-refractivity contribution in [3.8, 4) is 11.5 Å². The Hall–Kier alpha value is -1.77. The minimum Gasteiger partial charge on any atom is -0.454 e. The number of benzene rings is 1. The molecule has 1 amide bonds. The normalized spacial score (nSPS) is 23.5. The van der Waals surface area contributed by atoms with Gasteiger partial charge in [0.1, 0.15) is 17.7 Å². The van der Waals surface area contributed by atoms with Crippen molar-refractivity contribution in [3.05, 3.63) is 38.2 Å². The summed E-state index contributed by atoms with van der Waals surface area (Å²) < 4.78 is 11.8. The van der Waals surface area contributed by atoms with E-state index in [1.54, 1.807) is 11.3 Å². The van der Waals surface area contributed by atoms with Crippen LogP contribution in [0.25, 0.3) is 0 Å². The van der Waals surface area contributed by atoms with Crippen LogP contribution in [-0.2, 0) is 13.0 Å². The minimum absolute atomic E-state index is 0.000342. The second-order valence-corrected chi connectivity index (χ2v) is 8.58. The average Bonchev–Trinajstić information content (AvgIpc) is 3.16. The molecular formula is C17H17BrN3O3S+. The molecule has 0 aliphatic carbocycles. The van der Waals surface area contributed by atoms with Crippen LogP contribution in [0.2, 0.25) is 0 Å². The number of nitrogens with one attached hydrogen (secondary N) is 3. The number of rotatable bonds is 1. The molecule has 0 fully saturated rings. The Kier molecular flexibility index (Phi) is 3.48. The van der Waals surface area contributed by atoms with Crippen molar-refractivity contribution in [2.24, 2.45) is 0 Å². The van der Waals surface area contributed by atoms with Crippen LogP contribution in [0, 0.1) is 0 Å². The predicted octanol–water partition coefficient (Wildman–Crippen LogP) is 1.66. The molecule has 0 saturated heterocycles. The Morgan fingerprint density at radius 1 is 1.28 bits per heavy atom. The third kappa shape index (κ3) is 2.43. The summed E-state index contributed by atoms with van der Waals surface area (Å²) in [6.45, 7) is 2.29. The average molecular weight is 423 g/mol. The van der Waals surface area contributed by atoms with E-state index in [4.69, 9.17) is 9.47 Å². The van der Waals surface area contributed by atoms with Crippen molar-refractivity contribution >= 4 is 38.2 Å². The van der Waals surface area contributed by atoms with E-state index in [1.807, 2.05) is 12.1 Å². The fraction of sp³-hybridized carbons (Fsp3) is 0.353. The largest absolute Gasteiger partial charge is 0.454 e. The first-order valence-electron chi connectivity index (χ1n) is 8.22. The lowest BCUT2D eigenvalue weighted by Crippen LogP contribution is -3.08. The maximum absolute atomic E-state index is 12.8. The molecule has 130 valence electrons. The van der Waals surface area contributed by atoms with Crippen molar-refractivity contribution < 1.29 is 19.2 Å². The fourth-order valence-corrected chi connectivity index (χ4v) is 5.58. The highest BCUT2D eigenvalue weighted by molar-refractivity contribution is 9.10. The monoisotopic (exact) mass is 422 g/mol. The van der Waals surface area contributed by atoms with Gasteiger partial charge in [-0.1, -0.05) is 15.9 Å². The van der Waals surface area contributed by atoms with Gasteiger partial charge in [-0.25, -0.2) is 0 Å². The summed E-state index contributed by atoms with van der Waals surface area (Å²) in [5.74, 6) is 1.42. The van der Waals surface area contributed by atoms with Crippen molar-refractivity contribution in [2.45, 2.75) is 19.1 Å². The predicted molar refractivity (Wildman–Crippen MR) is 97.6 cm³/mol. The zero-order valence-corrected chi connectivity index (χ0v) is 16.0. The van der Waals surface area contributed by atoms with Gasteiger partial charge in [0.25, 0.3) is 5.91 Å². The van der Waals surface area contributed by atoms with Crippen molar-refractivity contribution in [2.75, 3.05) is 25.7 Å². The van der Waals surface area contributed by atoms with Crippen LogP contribution >= 0.6 is 27.3 Å². The molecule has 1 aromatic carbocycles. The zero-order valence-electron chi connectivity index (χ0n) is 13.6. The van der Waals surface area contributed by atoms with Crippen molar-refractivity contribution in [1.29, 1.82) is 0 Å². The number of quaternary nitrogens is 1. The number of carbonyl (C=O) groups is 1. The summed E-state index contributed by atoms with van der Waals surface area (Å²) in [6, 6.07) is 3.81. The van der Waals surface area contributed by atoms with Gasteiger partial charge in [-0.3, -0.25) is 4.79 Å². The minimum atomic E-state index is -0.297. The number of carbonyl (C=O) groups excluding carboxylic acids is 1. The summed E-state index contributed by atoms with van der Waals surface area (Å²) in [5.41, 5.74) is 2.98. The van der Waals surface area contributed by atoms with Gasteiger partial charge in [-0.15, -0.1) is 11.3 Å². The number of likely N-dealkylation sites (N-methyl/N-ethyl adjacent to an activating group) is 1. The topological polar surface area (TPSA) is 64.0 Å². The van der Waals surface area contributed by atoms with Crippen molar-refractivity contribution in [3.63, 3.8) is 0 Å². The third-order valence-electron chi connectivity index (χ3n) is 4.94. The lowest BCUT2D eigenvalue weighted by atomic mass is 10.0. The van der Waals surface area contributed by atoms with Gasteiger partial charge in [0, 0.05) is 16.5 Å². The first-order valence-corrected chi connectivity index (χ1v) is 9.83. The van der Waals surface area contributed by atoms with Gasteiger partial charge >= 0.3 is 0 Å². The summed E-state index contributed by atoms with van der Waals surface area (Å²) >= 11 is 5.29. The van der Waals surface area contributed by atoms with Gasteiger partial charge in [-0.05, 0) is 17.7 Å². The highest BCUT2D eigenvalue weighted by Gasteiger charge is 2.35. The molecule has 5 rings (SSSR count). The van der Waals surface area contributed by atoms with Gasteiger partial charge in [0.15, 0.2) is 11.5 Å². The third-order valence-corrected chi connectivity index (χ3v) is 6.79. The molecule has 3 aliphatic heterocycles. The van der Waals surface area contributed by atoms with E-state index < -0.39 is 0 Å². The van der Waals surface area contributed by atoms with Crippen LogP contribution in [0.4, 0.5) is 5.00 Å². The fourth-order valence-electron chi connectivity index (χ4n) is 3.64. The molecule has 0 saturated carbocycles. The van der Waals surface area contributed by atoms with E-state index >= 15 is 0 Å². The molecule has 3 aliphatic rings. The molecule has 4 heterocycles. The number of ether oxygens (including phenoxy) is 2. The first-order chi connectivity index (χ1) is 12.1. The van der Waals surface area contributed by atoms with Crippen LogP contribution in [0.15, 0.2) is 16.6 Å². The summed E-state index contributed by atoms with van der Waals surface area (Å²) in [6.07, 6.45) is 0.662. The number of hydrogen-bond donors (Lipinski definition) is 3. The van der Waals surface area contributed by atoms with E-state index in [-0.39, 0.29) is 18.9 Å². The lowest BCUT2D eigenvalue weighted by molar-refractivity contribution is -0.895. The molecule has 3 N–H and O–H groups in total. The molecule has 6 nitrogen and oxygen atoms in total. The lowest BCUT2D eigenvalue weighted by Gasteiger charge is -2.27. The smallest absolute Gasteiger partial charge is 0.256 e. The first kappa shape index (κ1) is 15.5. The van der Waals surface area contributed by atoms with Gasteiger partial charge < -0.3 is 25.0 Å². The van der Waals surface area contributed by atoms with Crippen LogP contribution in [-0.4, -0.2) is 26.3 Å². The maximum atomic E-state index is 12.8. The number of thiophene rings is 1. The highest BCUT2D eigenvalue weighted by Crippen LogP contribution is 2.43. The van der Waals surface area contributed by atoms with Crippen LogP contribution < -0.4 is 25.0 Å². The SMILES string of the molecule is C[NH+]1CCc2c(sc3c2C(=O)N[C@H](c2cc4c(cc2Br)OCO4)N3)C1. The Balaban J connectivity index is 1.52. The quantitative estimate of drug-likeness (QED) is 0.653. The second-order valence-electron chi connectivity index (χ2n) is 6.62. The van der Waals surface area contributed by atoms with Gasteiger partial charge in [0.2, 0.25) is 6.79 Å². The van der Waals surface area contributed by atoms with Crippen LogP contribution in [0.1, 0.15) is 32.5 Å². The zero-order chi connectivity index (χ0) is 17.1. The Bertz CT molecular complexity index is 898. The van der Waals surface area contributed by atoms with Crippen LogP contribution in [0.3, 0.4) is 0 Å². The molecule has 8 heteroatoms. The highest BCUT2D eigenvalue weighted by atomic mass is 79.9. The second kappa shape index (κ2) is 5.62. The molecule has 0 bridgehead atoms. The molecule has 1 aromatic heterocycles. The molecular weight excluding hydrogens is 406 g/mol. The van der Waals surface area contributed by atoms with E-state index in [1.165, 1.54) is 15.3 Å². The number of fused-ring (bicyclic) bond motifs is 4. The van der Waals surface area contributed by atoms with Crippen LogP contribution in [0.5, 0.6) is 11.5 Å². The molecule has 25 heavy (non-hydrogen) atoms. The number of anilines is 1. The van der Waals surface area contributed by atoms with Crippen molar-refractivity contribution in [1.82, 2.24) is 5.32 Å². The standard InChI is InChI=1S/C17H16BrN3O3S/c1-21-3-2-8-13(6-21)25-17-14(8)16(22)19-15(20-17)9-4-11-12(5-10(9)18)24-7-23-11/h4-5,15,20H,2-3,6-7H2,1H3,(H,19,22)/p+1/t15-/m0/s1. The number of hydrogen-bond acceptors (Lipinski definition) is 5. The molecule has 2 aromatic rings. The van der Waals surface area contributed by atoms with E-state index in [9.17, 15) is 4.79 Å².